The number of aromatic nitrogens is 2. The van der Waals surface area contributed by atoms with E-state index in [9.17, 15) is 4.79 Å². The summed E-state index contributed by atoms with van der Waals surface area (Å²) in [6.07, 6.45) is 3.18. The Morgan fingerprint density at radius 3 is 2.77 bits per heavy atom. The van der Waals surface area contributed by atoms with Crippen molar-refractivity contribution in [3.05, 3.63) is 77.6 Å². The van der Waals surface area contributed by atoms with Gasteiger partial charge in [-0.05, 0) is 61.4 Å². The molecule has 0 aliphatic carbocycles. The molecule has 26 heavy (non-hydrogen) atoms. The Balaban J connectivity index is 1.68. The number of nitrogens with zero attached hydrogens (tertiary/aromatic N) is 2. The van der Waals surface area contributed by atoms with Crippen LogP contribution in [0.3, 0.4) is 0 Å². The summed E-state index contributed by atoms with van der Waals surface area (Å²) < 4.78 is 5.89. The maximum absolute atomic E-state index is 12.4. The number of anilines is 1. The van der Waals surface area contributed by atoms with Crippen molar-refractivity contribution < 1.29 is 9.21 Å². The minimum Gasteiger partial charge on any atom is -0.436 e. The van der Waals surface area contributed by atoms with E-state index < -0.39 is 0 Å². The maximum atomic E-state index is 12.4. The molecular formula is C21H17N3O2. The minimum absolute atomic E-state index is 0.202. The van der Waals surface area contributed by atoms with Gasteiger partial charge in [0.05, 0.1) is 5.56 Å². The van der Waals surface area contributed by atoms with Gasteiger partial charge >= 0.3 is 0 Å². The summed E-state index contributed by atoms with van der Waals surface area (Å²) in [6, 6.07) is 15.1. The molecule has 0 atom stereocenters. The molecule has 4 aromatic rings. The molecule has 1 N–H and O–H groups in total. The highest BCUT2D eigenvalue weighted by molar-refractivity contribution is 6.04. The van der Waals surface area contributed by atoms with E-state index in [0.717, 1.165) is 33.5 Å². The van der Waals surface area contributed by atoms with E-state index in [2.05, 4.69) is 15.3 Å². The van der Waals surface area contributed by atoms with Crippen LogP contribution in [0, 0.1) is 13.8 Å². The number of hydrogen-bond donors (Lipinski definition) is 1. The summed E-state index contributed by atoms with van der Waals surface area (Å²) in [7, 11) is 0. The first-order chi connectivity index (χ1) is 12.6. The van der Waals surface area contributed by atoms with Crippen LogP contribution < -0.4 is 5.32 Å². The van der Waals surface area contributed by atoms with Gasteiger partial charge in [-0.1, -0.05) is 12.1 Å². The standard InChI is InChI=1S/C21H17N3O2/c1-13-5-8-17-19(10-13)26-21(24-17)15-7-6-14(2)18(11-15)23-20(25)16-4-3-9-22-12-16/h3-12H,1-2H3,(H,23,25). The summed E-state index contributed by atoms with van der Waals surface area (Å²) in [5.74, 6) is 0.328. The fourth-order valence-corrected chi connectivity index (χ4v) is 2.74. The van der Waals surface area contributed by atoms with Gasteiger partial charge in [0.1, 0.15) is 5.52 Å². The van der Waals surface area contributed by atoms with Crippen molar-refractivity contribution in [3.8, 4) is 11.5 Å². The molecule has 0 saturated heterocycles. The Morgan fingerprint density at radius 1 is 1.08 bits per heavy atom. The maximum Gasteiger partial charge on any atom is 0.257 e. The zero-order valence-electron chi connectivity index (χ0n) is 14.5. The highest BCUT2D eigenvalue weighted by Gasteiger charge is 2.12. The lowest BCUT2D eigenvalue weighted by Crippen LogP contribution is -2.13. The van der Waals surface area contributed by atoms with Crippen molar-refractivity contribution >= 4 is 22.7 Å². The zero-order chi connectivity index (χ0) is 18.1. The molecule has 0 spiro atoms. The third kappa shape index (κ3) is 3.07. The van der Waals surface area contributed by atoms with Gasteiger partial charge in [0.2, 0.25) is 5.89 Å². The summed E-state index contributed by atoms with van der Waals surface area (Å²) in [5, 5.41) is 2.93. The van der Waals surface area contributed by atoms with Gasteiger partial charge in [0.25, 0.3) is 5.91 Å². The van der Waals surface area contributed by atoms with Crippen molar-refractivity contribution in [3.63, 3.8) is 0 Å². The van der Waals surface area contributed by atoms with Crippen molar-refractivity contribution in [2.24, 2.45) is 0 Å². The van der Waals surface area contributed by atoms with Gasteiger partial charge in [-0.25, -0.2) is 4.98 Å². The molecule has 0 unspecified atom stereocenters. The Labute approximate surface area is 150 Å². The fourth-order valence-electron chi connectivity index (χ4n) is 2.74. The van der Waals surface area contributed by atoms with Crippen molar-refractivity contribution in [1.82, 2.24) is 9.97 Å². The highest BCUT2D eigenvalue weighted by Crippen LogP contribution is 2.28. The summed E-state index contributed by atoms with van der Waals surface area (Å²) >= 11 is 0. The van der Waals surface area contributed by atoms with Crippen LogP contribution in [0.5, 0.6) is 0 Å². The van der Waals surface area contributed by atoms with E-state index in [1.165, 1.54) is 6.20 Å². The van der Waals surface area contributed by atoms with Gasteiger partial charge in [-0.3, -0.25) is 9.78 Å². The van der Waals surface area contributed by atoms with Crippen molar-refractivity contribution in [2.75, 3.05) is 5.32 Å². The third-order valence-corrected chi connectivity index (χ3v) is 4.20. The molecule has 0 saturated carbocycles. The van der Waals surface area contributed by atoms with Crippen LogP contribution in [-0.4, -0.2) is 15.9 Å². The zero-order valence-corrected chi connectivity index (χ0v) is 14.5. The van der Waals surface area contributed by atoms with Crippen molar-refractivity contribution in [1.29, 1.82) is 0 Å². The number of carbonyl (C=O) groups excluding carboxylic acids is 1. The first kappa shape index (κ1) is 16.0. The van der Waals surface area contributed by atoms with E-state index in [1.54, 1.807) is 18.3 Å². The molecule has 0 bridgehead atoms. The van der Waals surface area contributed by atoms with Crippen LogP contribution >= 0.6 is 0 Å². The second-order valence-electron chi connectivity index (χ2n) is 6.22. The van der Waals surface area contributed by atoms with Gasteiger partial charge in [-0.15, -0.1) is 0 Å². The fraction of sp³-hybridized carbons (Fsp3) is 0.0952. The lowest BCUT2D eigenvalue weighted by atomic mass is 10.1. The van der Waals surface area contributed by atoms with Gasteiger partial charge in [0.15, 0.2) is 5.58 Å². The quantitative estimate of drug-likeness (QED) is 0.582. The monoisotopic (exact) mass is 343 g/mol. The lowest BCUT2D eigenvalue weighted by Gasteiger charge is -2.09. The van der Waals surface area contributed by atoms with E-state index in [4.69, 9.17) is 4.42 Å². The number of benzene rings is 2. The average molecular weight is 343 g/mol. The summed E-state index contributed by atoms with van der Waals surface area (Å²) in [6.45, 7) is 3.96. The van der Waals surface area contributed by atoms with Crippen LogP contribution in [0.1, 0.15) is 21.5 Å². The first-order valence-corrected chi connectivity index (χ1v) is 8.30. The Hall–Kier alpha value is -3.47. The molecule has 5 heteroatoms. The molecule has 2 aromatic heterocycles. The van der Waals surface area contributed by atoms with Crippen LogP contribution in [0.4, 0.5) is 5.69 Å². The molecule has 128 valence electrons. The van der Waals surface area contributed by atoms with Crippen LogP contribution in [0.25, 0.3) is 22.6 Å². The second-order valence-corrected chi connectivity index (χ2v) is 6.22. The van der Waals surface area contributed by atoms with Crippen LogP contribution in [0.2, 0.25) is 0 Å². The third-order valence-electron chi connectivity index (χ3n) is 4.20. The van der Waals surface area contributed by atoms with E-state index in [1.807, 2.05) is 50.2 Å². The predicted octanol–water partition coefficient (Wildman–Crippen LogP) is 4.76. The van der Waals surface area contributed by atoms with Crippen molar-refractivity contribution in [2.45, 2.75) is 13.8 Å². The molecule has 5 nitrogen and oxygen atoms in total. The largest absolute Gasteiger partial charge is 0.436 e. The molecule has 4 rings (SSSR count). The average Bonchev–Trinajstić information content (AvgIpc) is 3.07. The minimum atomic E-state index is -0.202. The van der Waals surface area contributed by atoms with Crippen LogP contribution in [0.15, 0.2) is 65.3 Å². The van der Waals surface area contributed by atoms with Gasteiger partial charge in [-0.2, -0.15) is 0 Å². The molecular weight excluding hydrogens is 326 g/mol. The topological polar surface area (TPSA) is 68.0 Å². The lowest BCUT2D eigenvalue weighted by molar-refractivity contribution is 0.102. The number of fused-ring (bicyclic) bond motifs is 1. The smallest absolute Gasteiger partial charge is 0.257 e. The Kier molecular flexibility index (Phi) is 3.97. The highest BCUT2D eigenvalue weighted by atomic mass is 16.3. The Morgan fingerprint density at radius 2 is 1.96 bits per heavy atom. The number of oxazole rings is 1. The predicted molar refractivity (Wildman–Crippen MR) is 101 cm³/mol. The van der Waals surface area contributed by atoms with E-state index in [-0.39, 0.29) is 5.91 Å². The normalized spacial score (nSPS) is 10.8. The molecule has 2 aromatic carbocycles. The van der Waals surface area contributed by atoms with Crippen LogP contribution in [-0.2, 0) is 0 Å². The number of nitrogens with one attached hydrogen (secondary N) is 1. The summed E-state index contributed by atoms with van der Waals surface area (Å²) in [5.41, 5.74) is 5.68. The molecule has 0 fully saturated rings. The number of amides is 1. The SMILES string of the molecule is Cc1ccc2nc(-c3ccc(C)c(NC(=O)c4cccnc4)c3)oc2c1. The molecule has 0 radical (unpaired) electrons. The summed E-state index contributed by atoms with van der Waals surface area (Å²) in [4.78, 5) is 20.9. The van der Waals surface area contributed by atoms with Gasteiger partial charge in [0, 0.05) is 23.6 Å². The number of carbonyl (C=O) groups is 1. The number of hydrogen-bond acceptors (Lipinski definition) is 4. The molecule has 1 amide bonds. The van der Waals surface area contributed by atoms with E-state index >= 15 is 0 Å². The molecule has 0 aliphatic rings. The molecule has 2 heterocycles. The Bertz CT molecular complexity index is 1100. The second kappa shape index (κ2) is 6.44. The number of aryl methyl sites for hydroxylation is 2. The molecule has 0 aliphatic heterocycles. The first-order valence-electron chi connectivity index (χ1n) is 8.30. The van der Waals surface area contributed by atoms with Gasteiger partial charge < -0.3 is 9.73 Å². The van der Waals surface area contributed by atoms with E-state index in [0.29, 0.717) is 11.5 Å². The number of rotatable bonds is 3. The number of pyridine rings is 1.